The first-order chi connectivity index (χ1) is 4.88. The van der Waals surface area contributed by atoms with Gasteiger partial charge in [-0.3, -0.25) is 0 Å². The number of hydrogen-bond donors (Lipinski definition) is 0. The van der Waals surface area contributed by atoms with E-state index in [4.69, 9.17) is 0 Å². The molecular weight excluding hydrogens is 350 g/mol. The summed E-state index contributed by atoms with van der Waals surface area (Å²) in [6.07, 6.45) is 6.25. The van der Waals surface area contributed by atoms with Gasteiger partial charge in [-0.15, -0.1) is 0 Å². The standard InChI is InChI=1S/C8H16I2/c1-9-7-5-3-4-6-8(7)10-2/h7-8H,3-6H2,1-2H3/q-2. The molecule has 0 amide bonds. The van der Waals surface area contributed by atoms with Crippen LogP contribution in [0.15, 0.2) is 0 Å². The Hall–Kier alpha value is 1.46. The first-order valence-corrected chi connectivity index (χ1v) is 10.6. The molecule has 0 aromatic rings. The van der Waals surface area contributed by atoms with Gasteiger partial charge in [-0.1, -0.05) is 0 Å². The van der Waals surface area contributed by atoms with E-state index in [1.807, 2.05) is 0 Å². The third-order valence-electron chi connectivity index (χ3n) is 2.16. The molecule has 0 aromatic carbocycles. The summed E-state index contributed by atoms with van der Waals surface area (Å²) >= 11 is 1.13. The van der Waals surface area contributed by atoms with Crippen LogP contribution in [0.4, 0.5) is 0 Å². The molecule has 0 nitrogen and oxygen atoms in total. The Labute approximate surface area is 85.1 Å². The van der Waals surface area contributed by atoms with Crippen LogP contribution in [-0.4, -0.2) is 17.7 Å². The molecule has 1 saturated carbocycles. The molecule has 2 atom stereocenters. The zero-order chi connectivity index (χ0) is 7.40. The quantitative estimate of drug-likeness (QED) is 0.343. The van der Waals surface area contributed by atoms with Gasteiger partial charge in [0.15, 0.2) is 0 Å². The van der Waals surface area contributed by atoms with Gasteiger partial charge in [0.05, 0.1) is 0 Å². The topological polar surface area (TPSA) is 0 Å². The van der Waals surface area contributed by atoms with Crippen LogP contribution in [0.1, 0.15) is 25.7 Å². The van der Waals surface area contributed by atoms with Gasteiger partial charge >= 0.3 is 85.8 Å². The van der Waals surface area contributed by atoms with E-state index < -0.39 is 0 Å². The molecule has 0 saturated heterocycles. The van der Waals surface area contributed by atoms with Crippen molar-refractivity contribution in [1.29, 1.82) is 0 Å². The van der Waals surface area contributed by atoms with Gasteiger partial charge in [0.25, 0.3) is 0 Å². The molecule has 0 heterocycles. The summed E-state index contributed by atoms with van der Waals surface area (Å²) in [7, 11) is 0. The maximum atomic E-state index is 2.47. The zero-order valence-corrected chi connectivity index (χ0v) is 11.1. The fourth-order valence-corrected chi connectivity index (χ4v) is 9.59. The van der Waals surface area contributed by atoms with Crippen LogP contribution in [0, 0.1) is 0 Å². The van der Waals surface area contributed by atoms with E-state index in [0.717, 1.165) is 0 Å². The summed E-state index contributed by atoms with van der Waals surface area (Å²) in [6.45, 7) is 0. The molecule has 2 unspecified atom stereocenters. The van der Waals surface area contributed by atoms with Crippen molar-refractivity contribution < 1.29 is 42.4 Å². The summed E-state index contributed by atoms with van der Waals surface area (Å²) < 4.78 is 2.45. The van der Waals surface area contributed by atoms with Crippen LogP contribution < -0.4 is 42.4 Å². The summed E-state index contributed by atoms with van der Waals surface area (Å²) in [4.78, 5) is 4.95. The third kappa shape index (κ3) is 2.50. The molecule has 0 bridgehead atoms. The monoisotopic (exact) mass is 366 g/mol. The Morgan fingerprint density at radius 1 is 0.900 bits per heavy atom. The van der Waals surface area contributed by atoms with Crippen molar-refractivity contribution >= 4 is 0 Å². The van der Waals surface area contributed by atoms with Gasteiger partial charge in [-0.2, -0.15) is 0 Å². The Morgan fingerprint density at radius 3 is 1.60 bits per heavy atom. The second-order valence-electron chi connectivity index (χ2n) is 2.75. The Balaban J connectivity index is 2.34. The molecule has 0 aliphatic heterocycles. The van der Waals surface area contributed by atoms with Crippen LogP contribution in [0.3, 0.4) is 0 Å². The SMILES string of the molecule is C[I-]C1CCCCC1[I-]C. The molecule has 0 aromatic heterocycles. The van der Waals surface area contributed by atoms with Gasteiger partial charge in [-0.05, 0) is 0 Å². The normalized spacial score (nSPS) is 35.0. The first kappa shape index (κ1) is 9.55. The summed E-state index contributed by atoms with van der Waals surface area (Å²) in [5.74, 6) is 0. The molecule has 2 heteroatoms. The van der Waals surface area contributed by atoms with Crippen molar-refractivity contribution in [3.8, 4) is 0 Å². The molecule has 1 rings (SSSR count). The molecule has 0 N–H and O–H groups in total. The van der Waals surface area contributed by atoms with Gasteiger partial charge in [0.1, 0.15) is 0 Å². The zero-order valence-electron chi connectivity index (χ0n) is 6.74. The van der Waals surface area contributed by atoms with Crippen LogP contribution in [-0.2, 0) is 0 Å². The van der Waals surface area contributed by atoms with Crippen LogP contribution in [0.25, 0.3) is 0 Å². The average Bonchev–Trinajstić information content (AvgIpc) is 2.04. The van der Waals surface area contributed by atoms with Gasteiger partial charge in [-0.25, -0.2) is 0 Å². The number of halogens is 2. The summed E-state index contributed by atoms with van der Waals surface area (Å²) in [5.41, 5.74) is 0. The van der Waals surface area contributed by atoms with E-state index in [-0.39, 0.29) is 0 Å². The van der Waals surface area contributed by atoms with Crippen molar-refractivity contribution in [2.45, 2.75) is 33.5 Å². The van der Waals surface area contributed by atoms with Crippen molar-refractivity contribution in [3.63, 3.8) is 0 Å². The van der Waals surface area contributed by atoms with Gasteiger partial charge in [0, 0.05) is 0 Å². The van der Waals surface area contributed by atoms with Crippen molar-refractivity contribution in [3.05, 3.63) is 0 Å². The number of rotatable bonds is 2. The first-order valence-electron chi connectivity index (χ1n) is 3.84. The van der Waals surface area contributed by atoms with Crippen molar-refractivity contribution in [2.24, 2.45) is 0 Å². The minimum atomic E-state index is 0.567. The fourth-order valence-electron chi connectivity index (χ4n) is 1.53. The van der Waals surface area contributed by atoms with E-state index >= 15 is 0 Å². The fraction of sp³-hybridized carbons (Fsp3) is 1.00. The van der Waals surface area contributed by atoms with Gasteiger partial charge < -0.3 is 0 Å². The average molecular weight is 366 g/mol. The molecule has 1 fully saturated rings. The van der Waals surface area contributed by atoms with E-state index in [0.29, 0.717) is 42.4 Å². The number of hydrogen-bond acceptors (Lipinski definition) is 0. The molecule has 0 radical (unpaired) electrons. The molecular formula is C8H16I2-2. The van der Waals surface area contributed by atoms with E-state index in [1.54, 1.807) is 25.7 Å². The van der Waals surface area contributed by atoms with E-state index in [1.165, 1.54) is 7.85 Å². The molecule has 1 aliphatic carbocycles. The minimum absolute atomic E-state index is 0.567. The molecule has 64 valence electrons. The van der Waals surface area contributed by atoms with Gasteiger partial charge in [0.2, 0.25) is 0 Å². The predicted molar refractivity (Wildman–Crippen MR) is 37.9 cm³/mol. The summed E-state index contributed by atoms with van der Waals surface area (Å²) in [5, 5.41) is 0. The Bertz CT molecular complexity index is 81.3. The van der Waals surface area contributed by atoms with Crippen LogP contribution in [0.2, 0.25) is 0 Å². The molecule has 1 aliphatic rings. The summed E-state index contributed by atoms with van der Waals surface area (Å²) in [6, 6.07) is 0. The van der Waals surface area contributed by atoms with Crippen molar-refractivity contribution in [1.82, 2.24) is 0 Å². The predicted octanol–water partition coefficient (Wildman–Crippen LogP) is -4.26. The van der Waals surface area contributed by atoms with Crippen LogP contribution >= 0.6 is 0 Å². The molecule has 0 spiro atoms. The van der Waals surface area contributed by atoms with Crippen molar-refractivity contribution in [2.75, 3.05) is 9.86 Å². The Kier molecular flexibility index (Phi) is 4.93. The Morgan fingerprint density at radius 2 is 1.30 bits per heavy atom. The van der Waals surface area contributed by atoms with E-state index in [2.05, 4.69) is 9.86 Å². The van der Waals surface area contributed by atoms with Crippen LogP contribution in [0.5, 0.6) is 0 Å². The third-order valence-corrected chi connectivity index (χ3v) is 9.72. The molecule has 10 heavy (non-hydrogen) atoms. The van der Waals surface area contributed by atoms with E-state index in [9.17, 15) is 0 Å². The number of alkyl halides is 4. The second kappa shape index (κ2) is 5.17. The maximum absolute atomic E-state index is 2.47. The second-order valence-corrected chi connectivity index (χ2v) is 8.44.